The molecule has 5 nitrogen and oxygen atoms in total. The molecule has 4 rings (SSSR count). The van der Waals surface area contributed by atoms with Gasteiger partial charge in [0, 0.05) is 12.7 Å². The number of nitrogens with zero attached hydrogens (tertiary/aromatic N) is 1. The van der Waals surface area contributed by atoms with Crippen LogP contribution in [0.5, 0.6) is 5.75 Å². The number of hydrogen-bond donors (Lipinski definition) is 1. The van der Waals surface area contributed by atoms with Crippen LogP contribution in [-0.4, -0.2) is 49.7 Å². The second-order valence-corrected chi connectivity index (χ2v) is 9.56. The fraction of sp³-hybridized carbons (Fsp3) is 0.387. The van der Waals surface area contributed by atoms with Crippen LogP contribution >= 0.6 is 0 Å². The zero-order chi connectivity index (χ0) is 26.2. The first-order chi connectivity index (χ1) is 18.0. The van der Waals surface area contributed by atoms with Crippen LogP contribution in [0.2, 0.25) is 0 Å². The highest BCUT2D eigenvalue weighted by molar-refractivity contribution is 5.70. The molecule has 3 aromatic rings. The summed E-state index contributed by atoms with van der Waals surface area (Å²) in [6.07, 6.45) is 4.68. The molecule has 0 saturated carbocycles. The third-order valence-corrected chi connectivity index (χ3v) is 6.82. The van der Waals surface area contributed by atoms with E-state index in [4.69, 9.17) is 19.2 Å². The molecule has 0 bridgehead atoms. The molecule has 0 aliphatic carbocycles. The highest BCUT2D eigenvalue weighted by atomic mass is 19.1. The van der Waals surface area contributed by atoms with Crippen LogP contribution in [0, 0.1) is 18.7 Å². The molecule has 37 heavy (non-hydrogen) atoms. The van der Waals surface area contributed by atoms with Crippen LogP contribution in [0.1, 0.15) is 37.4 Å². The summed E-state index contributed by atoms with van der Waals surface area (Å²) in [5.74, 6) is 0.860. The summed E-state index contributed by atoms with van der Waals surface area (Å²) < 4.78 is 31.3. The molecular weight excluding hydrogens is 469 g/mol. The van der Waals surface area contributed by atoms with Crippen LogP contribution in [0.4, 0.5) is 4.39 Å². The van der Waals surface area contributed by atoms with Gasteiger partial charge in [-0.25, -0.2) is 9.37 Å². The minimum absolute atomic E-state index is 0.0597. The Balaban J connectivity index is 1.51. The molecule has 6 heteroatoms. The van der Waals surface area contributed by atoms with Crippen molar-refractivity contribution in [2.45, 2.75) is 39.2 Å². The summed E-state index contributed by atoms with van der Waals surface area (Å²) >= 11 is 0. The molecule has 1 aromatic heterocycles. The van der Waals surface area contributed by atoms with E-state index >= 15 is 0 Å². The van der Waals surface area contributed by atoms with Gasteiger partial charge in [0.05, 0.1) is 31.6 Å². The highest BCUT2D eigenvalue weighted by Crippen LogP contribution is 2.30. The van der Waals surface area contributed by atoms with Crippen molar-refractivity contribution in [3.05, 3.63) is 77.2 Å². The fourth-order valence-electron chi connectivity index (χ4n) is 4.67. The summed E-state index contributed by atoms with van der Waals surface area (Å²) in [7, 11) is 1.65. The van der Waals surface area contributed by atoms with Gasteiger partial charge in [0.1, 0.15) is 23.9 Å². The predicted molar refractivity (Wildman–Crippen MR) is 145 cm³/mol. The molecule has 2 aromatic carbocycles. The Morgan fingerprint density at radius 2 is 1.76 bits per heavy atom. The maximum absolute atomic E-state index is 15.0. The standard InChI is InChI=1S/C31H36FNO4/c1-4-22(16-23-17-28(19-34)37-20-23)18-30-21(2)15-29(32)31(33-30)26-7-5-24(6-8-26)25-9-11-27(12-10-25)36-14-13-35-3/h5-12,15,18,23,28,34H,4,13-14,16-17,19-20H2,1-3H3/b22-18+. The van der Waals surface area contributed by atoms with Gasteiger partial charge >= 0.3 is 0 Å². The number of aryl methyl sites for hydroxylation is 1. The molecule has 1 aliphatic heterocycles. The molecule has 1 saturated heterocycles. The van der Waals surface area contributed by atoms with E-state index in [0.29, 0.717) is 31.4 Å². The SMILES string of the molecule is CC/C(=C\c1nc(-c2ccc(-c3ccc(OCCOC)cc3)cc2)c(F)cc1C)CC1COC(CO)C1. The summed E-state index contributed by atoms with van der Waals surface area (Å²) in [6, 6.07) is 17.3. The molecule has 0 amide bonds. The zero-order valence-corrected chi connectivity index (χ0v) is 21.9. The average molecular weight is 506 g/mol. The Labute approximate surface area is 218 Å². The molecule has 2 heterocycles. The van der Waals surface area contributed by atoms with Gasteiger partial charge in [-0.15, -0.1) is 0 Å². The normalized spacial score (nSPS) is 17.8. The van der Waals surface area contributed by atoms with Gasteiger partial charge in [-0.1, -0.05) is 48.9 Å². The van der Waals surface area contributed by atoms with Gasteiger partial charge in [0.25, 0.3) is 0 Å². The molecule has 0 radical (unpaired) electrons. The summed E-state index contributed by atoms with van der Waals surface area (Å²) in [5, 5.41) is 9.35. The predicted octanol–water partition coefficient (Wildman–Crippen LogP) is 6.47. The first-order valence-electron chi connectivity index (χ1n) is 12.9. The maximum Gasteiger partial charge on any atom is 0.149 e. The minimum atomic E-state index is -0.326. The Hall–Kier alpha value is -3.06. The molecule has 1 N–H and O–H groups in total. The van der Waals surface area contributed by atoms with Crippen LogP contribution in [-0.2, 0) is 9.47 Å². The van der Waals surface area contributed by atoms with Crippen LogP contribution in [0.15, 0.2) is 60.2 Å². The number of aliphatic hydroxyl groups excluding tert-OH is 1. The largest absolute Gasteiger partial charge is 0.491 e. The van der Waals surface area contributed by atoms with E-state index in [1.54, 1.807) is 13.2 Å². The van der Waals surface area contributed by atoms with E-state index < -0.39 is 0 Å². The molecule has 1 aliphatic rings. The summed E-state index contributed by atoms with van der Waals surface area (Å²) in [4.78, 5) is 4.74. The van der Waals surface area contributed by atoms with Gasteiger partial charge in [0.2, 0.25) is 0 Å². The lowest BCUT2D eigenvalue weighted by Gasteiger charge is -2.13. The fourth-order valence-corrected chi connectivity index (χ4v) is 4.67. The lowest BCUT2D eigenvalue weighted by Crippen LogP contribution is -2.10. The maximum atomic E-state index is 15.0. The van der Waals surface area contributed by atoms with Gasteiger partial charge < -0.3 is 19.3 Å². The molecule has 2 unspecified atom stereocenters. The number of benzene rings is 2. The Morgan fingerprint density at radius 1 is 1.08 bits per heavy atom. The summed E-state index contributed by atoms with van der Waals surface area (Å²) in [5.41, 5.74) is 6.04. The molecule has 2 atom stereocenters. The van der Waals surface area contributed by atoms with Crippen molar-refractivity contribution in [2.75, 3.05) is 33.5 Å². The van der Waals surface area contributed by atoms with Gasteiger partial charge in [-0.2, -0.15) is 0 Å². The lowest BCUT2D eigenvalue weighted by atomic mass is 9.94. The molecule has 0 spiro atoms. The lowest BCUT2D eigenvalue weighted by molar-refractivity contribution is 0.0573. The van der Waals surface area contributed by atoms with E-state index in [2.05, 4.69) is 13.0 Å². The highest BCUT2D eigenvalue weighted by Gasteiger charge is 2.25. The van der Waals surface area contributed by atoms with Crippen LogP contribution in [0.25, 0.3) is 28.5 Å². The number of aromatic nitrogens is 1. The van der Waals surface area contributed by atoms with Crippen molar-refractivity contribution in [1.29, 1.82) is 0 Å². The second kappa shape index (κ2) is 13.0. The van der Waals surface area contributed by atoms with Gasteiger partial charge in [-0.3, -0.25) is 0 Å². The van der Waals surface area contributed by atoms with Crippen molar-refractivity contribution in [3.63, 3.8) is 0 Å². The van der Waals surface area contributed by atoms with Crippen molar-refractivity contribution >= 4 is 6.08 Å². The van der Waals surface area contributed by atoms with Crippen LogP contribution < -0.4 is 4.74 Å². The van der Waals surface area contributed by atoms with E-state index in [-0.39, 0.29) is 18.5 Å². The van der Waals surface area contributed by atoms with Crippen LogP contribution in [0.3, 0.4) is 0 Å². The van der Waals surface area contributed by atoms with E-state index in [0.717, 1.165) is 53.0 Å². The van der Waals surface area contributed by atoms with Crippen molar-refractivity contribution < 1.29 is 23.7 Å². The number of halogens is 1. The van der Waals surface area contributed by atoms with Crippen molar-refractivity contribution in [2.24, 2.45) is 5.92 Å². The first-order valence-corrected chi connectivity index (χ1v) is 12.9. The minimum Gasteiger partial charge on any atom is -0.491 e. The van der Waals surface area contributed by atoms with Gasteiger partial charge in [-0.05, 0) is 73.1 Å². The quantitative estimate of drug-likeness (QED) is 0.303. The third-order valence-electron chi connectivity index (χ3n) is 6.82. The number of hydrogen-bond acceptors (Lipinski definition) is 5. The molecule has 196 valence electrons. The first kappa shape index (κ1) is 27.0. The second-order valence-electron chi connectivity index (χ2n) is 9.56. The average Bonchev–Trinajstić information content (AvgIpc) is 3.38. The third kappa shape index (κ3) is 7.04. The number of ether oxygens (including phenoxy) is 3. The number of allylic oxidation sites excluding steroid dienone is 1. The monoisotopic (exact) mass is 505 g/mol. The van der Waals surface area contributed by atoms with Crippen molar-refractivity contribution in [1.82, 2.24) is 4.98 Å². The zero-order valence-electron chi connectivity index (χ0n) is 21.9. The van der Waals surface area contributed by atoms with E-state index in [9.17, 15) is 9.50 Å². The van der Waals surface area contributed by atoms with E-state index in [1.165, 1.54) is 5.57 Å². The molecule has 1 fully saturated rings. The number of rotatable bonds is 11. The Morgan fingerprint density at radius 3 is 2.38 bits per heavy atom. The van der Waals surface area contributed by atoms with E-state index in [1.807, 2.05) is 55.5 Å². The Bertz CT molecular complexity index is 1190. The number of pyridine rings is 1. The molecular formula is C31H36FNO4. The number of aliphatic hydroxyl groups is 1. The topological polar surface area (TPSA) is 60.8 Å². The van der Waals surface area contributed by atoms with Crippen molar-refractivity contribution in [3.8, 4) is 28.1 Å². The Kier molecular flexibility index (Phi) is 9.45. The number of methoxy groups -OCH3 is 1. The van der Waals surface area contributed by atoms with Gasteiger partial charge in [0.15, 0.2) is 0 Å². The summed E-state index contributed by atoms with van der Waals surface area (Å²) in [6.45, 7) is 5.81. The smallest absolute Gasteiger partial charge is 0.149 e.